The second-order valence-corrected chi connectivity index (χ2v) is 5.59. The molecule has 0 unspecified atom stereocenters. The van der Waals surface area contributed by atoms with Crippen LogP contribution in [0.2, 0.25) is 0 Å². The third kappa shape index (κ3) is 3.85. The molecule has 2 rings (SSSR count). The molecule has 0 saturated heterocycles. The van der Waals surface area contributed by atoms with Crippen molar-refractivity contribution in [3.63, 3.8) is 0 Å². The Balaban J connectivity index is 2.05. The van der Waals surface area contributed by atoms with Crippen LogP contribution in [-0.2, 0) is 11.8 Å². The number of aryl methyl sites for hydroxylation is 1. The van der Waals surface area contributed by atoms with Gasteiger partial charge in [-0.3, -0.25) is 10.1 Å². The number of rotatable bonds is 4. The molecule has 0 saturated carbocycles. The molecule has 2 N–H and O–H groups in total. The van der Waals surface area contributed by atoms with E-state index in [-0.39, 0.29) is 11.7 Å². The van der Waals surface area contributed by atoms with E-state index in [2.05, 4.69) is 20.8 Å². The molecule has 1 aromatic heterocycles. The molecule has 1 heterocycles. The molecule has 0 bridgehead atoms. The van der Waals surface area contributed by atoms with Crippen LogP contribution >= 0.6 is 11.8 Å². The topological polar surface area (TPSA) is 88.9 Å². The molecule has 8 heteroatoms. The van der Waals surface area contributed by atoms with Crippen molar-refractivity contribution in [2.45, 2.75) is 12.1 Å². The fourth-order valence-electron chi connectivity index (χ4n) is 1.83. The quantitative estimate of drug-likeness (QED) is 0.830. The monoisotopic (exact) mass is 319 g/mol. The van der Waals surface area contributed by atoms with E-state index in [0.29, 0.717) is 5.16 Å². The Kier molecular flexibility index (Phi) is 5.16. The van der Waals surface area contributed by atoms with Gasteiger partial charge in [-0.05, 0) is 13.0 Å². The Labute approximate surface area is 132 Å². The Morgan fingerprint density at radius 3 is 2.77 bits per heavy atom. The number of amides is 3. The molecule has 2 aromatic rings. The van der Waals surface area contributed by atoms with Crippen molar-refractivity contribution in [3.05, 3.63) is 29.8 Å². The average Bonchev–Trinajstić information content (AvgIpc) is 2.86. The van der Waals surface area contributed by atoms with Crippen LogP contribution in [0.4, 0.5) is 4.79 Å². The lowest BCUT2D eigenvalue weighted by molar-refractivity contribution is -0.117. The van der Waals surface area contributed by atoms with Crippen LogP contribution in [0.25, 0.3) is 11.4 Å². The summed E-state index contributed by atoms with van der Waals surface area (Å²) in [5, 5.41) is 13.4. The van der Waals surface area contributed by atoms with Crippen molar-refractivity contribution < 1.29 is 9.59 Å². The Hall–Kier alpha value is -2.35. The SMILES string of the molecule is CNC(=O)NC(=O)CSc1nnc(-c2cccc(C)c2)n1C. The molecule has 1 aromatic carbocycles. The highest BCUT2D eigenvalue weighted by Gasteiger charge is 2.13. The number of nitrogens with zero attached hydrogens (tertiary/aromatic N) is 3. The maximum Gasteiger partial charge on any atom is 0.321 e. The molecule has 0 aliphatic rings. The number of nitrogens with one attached hydrogen (secondary N) is 2. The van der Waals surface area contributed by atoms with Crippen molar-refractivity contribution in [2.75, 3.05) is 12.8 Å². The van der Waals surface area contributed by atoms with Gasteiger partial charge in [0.1, 0.15) is 0 Å². The zero-order chi connectivity index (χ0) is 16.1. The van der Waals surface area contributed by atoms with E-state index < -0.39 is 6.03 Å². The van der Waals surface area contributed by atoms with Crippen LogP contribution in [0.5, 0.6) is 0 Å². The van der Waals surface area contributed by atoms with Crippen molar-refractivity contribution >= 4 is 23.7 Å². The number of imide groups is 1. The Bertz CT molecular complexity index is 698. The van der Waals surface area contributed by atoms with E-state index in [9.17, 15) is 9.59 Å². The number of hydrogen-bond donors (Lipinski definition) is 2. The maximum absolute atomic E-state index is 11.6. The summed E-state index contributed by atoms with van der Waals surface area (Å²) in [4.78, 5) is 22.6. The van der Waals surface area contributed by atoms with E-state index in [1.807, 2.05) is 42.8 Å². The van der Waals surface area contributed by atoms with E-state index in [4.69, 9.17) is 0 Å². The van der Waals surface area contributed by atoms with Gasteiger partial charge in [0.15, 0.2) is 11.0 Å². The summed E-state index contributed by atoms with van der Waals surface area (Å²) in [6.07, 6.45) is 0. The highest BCUT2D eigenvalue weighted by Crippen LogP contribution is 2.22. The van der Waals surface area contributed by atoms with Gasteiger partial charge in [0.2, 0.25) is 5.91 Å². The van der Waals surface area contributed by atoms with Crippen LogP contribution in [-0.4, -0.2) is 39.5 Å². The third-order valence-electron chi connectivity index (χ3n) is 2.92. The van der Waals surface area contributed by atoms with Gasteiger partial charge in [0.05, 0.1) is 5.75 Å². The predicted molar refractivity (Wildman–Crippen MR) is 84.5 cm³/mol. The third-order valence-corrected chi connectivity index (χ3v) is 3.94. The van der Waals surface area contributed by atoms with Gasteiger partial charge in [0, 0.05) is 19.7 Å². The normalized spacial score (nSPS) is 10.3. The van der Waals surface area contributed by atoms with Gasteiger partial charge < -0.3 is 9.88 Å². The first-order chi connectivity index (χ1) is 10.5. The van der Waals surface area contributed by atoms with Crippen LogP contribution in [0, 0.1) is 6.92 Å². The lowest BCUT2D eigenvalue weighted by Gasteiger charge is -2.05. The lowest BCUT2D eigenvalue weighted by atomic mass is 10.1. The van der Waals surface area contributed by atoms with Crippen LogP contribution in [0.3, 0.4) is 0 Å². The smallest absolute Gasteiger partial charge is 0.321 e. The number of thioether (sulfide) groups is 1. The number of urea groups is 1. The first-order valence-electron chi connectivity index (χ1n) is 6.62. The summed E-state index contributed by atoms with van der Waals surface area (Å²) in [5.41, 5.74) is 2.11. The van der Waals surface area contributed by atoms with Crippen molar-refractivity contribution in [1.29, 1.82) is 0 Å². The zero-order valence-electron chi connectivity index (χ0n) is 12.6. The largest absolute Gasteiger partial charge is 0.341 e. The standard InChI is InChI=1S/C14H17N5O2S/c1-9-5-4-6-10(7-9)12-17-18-14(19(12)3)22-8-11(20)16-13(21)15-2/h4-7H,8H2,1-3H3,(H2,15,16,20,21). The second-order valence-electron chi connectivity index (χ2n) is 4.65. The molecular formula is C14H17N5O2S. The highest BCUT2D eigenvalue weighted by molar-refractivity contribution is 7.99. The highest BCUT2D eigenvalue weighted by atomic mass is 32.2. The van der Waals surface area contributed by atoms with Gasteiger partial charge in [-0.2, -0.15) is 0 Å². The molecule has 0 fully saturated rings. The first-order valence-corrected chi connectivity index (χ1v) is 7.60. The summed E-state index contributed by atoms with van der Waals surface area (Å²) < 4.78 is 1.83. The molecule has 0 radical (unpaired) electrons. The Morgan fingerprint density at radius 2 is 2.09 bits per heavy atom. The zero-order valence-corrected chi connectivity index (χ0v) is 13.4. The van der Waals surface area contributed by atoms with E-state index >= 15 is 0 Å². The lowest BCUT2D eigenvalue weighted by Crippen LogP contribution is -2.38. The summed E-state index contributed by atoms with van der Waals surface area (Å²) in [6, 6.07) is 7.44. The molecule has 0 aliphatic carbocycles. The number of carbonyl (C=O) groups excluding carboxylic acids is 2. The molecular weight excluding hydrogens is 302 g/mol. The number of hydrogen-bond acceptors (Lipinski definition) is 5. The maximum atomic E-state index is 11.6. The van der Waals surface area contributed by atoms with Crippen molar-refractivity contribution in [1.82, 2.24) is 25.4 Å². The minimum Gasteiger partial charge on any atom is -0.341 e. The number of carbonyl (C=O) groups is 2. The predicted octanol–water partition coefficient (Wildman–Crippen LogP) is 1.34. The van der Waals surface area contributed by atoms with Gasteiger partial charge >= 0.3 is 6.03 Å². The summed E-state index contributed by atoms with van der Waals surface area (Å²) in [7, 11) is 3.29. The van der Waals surface area contributed by atoms with Gasteiger partial charge in [-0.1, -0.05) is 35.5 Å². The first kappa shape index (κ1) is 16.0. The Morgan fingerprint density at radius 1 is 1.32 bits per heavy atom. The minimum atomic E-state index is -0.524. The molecule has 7 nitrogen and oxygen atoms in total. The molecule has 116 valence electrons. The molecule has 22 heavy (non-hydrogen) atoms. The summed E-state index contributed by atoms with van der Waals surface area (Å²) in [5.74, 6) is 0.440. The van der Waals surface area contributed by atoms with Crippen molar-refractivity contribution in [3.8, 4) is 11.4 Å². The minimum absolute atomic E-state index is 0.0905. The van der Waals surface area contributed by atoms with Gasteiger partial charge in [-0.15, -0.1) is 10.2 Å². The summed E-state index contributed by atoms with van der Waals surface area (Å²) >= 11 is 1.22. The van der Waals surface area contributed by atoms with Gasteiger partial charge in [-0.25, -0.2) is 4.79 Å². The van der Waals surface area contributed by atoms with Crippen LogP contribution in [0.15, 0.2) is 29.4 Å². The van der Waals surface area contributed by atoms with Crippen molar-refractivity contribution in [2.24, 2.45) is 7.05 Å². The summed E-state index contributed by atoms with van der Waals surface area (Å²) in [6.45, 7) is 2.01. The average molecular weight is 319 g/mol. The van der Waals surface area contributed by atoms with Crippen LogP contribution in [0.1, 0.15) is 5.56 Å². The molecule has 0 spiro atoms. The molecule has 0 atom stereocenters. The van der Waals surface area contributed by atoms with E-state index in [0.717, 1.165) is 17.0 Å². The van der Waals surface area contributed by atoms with Gasteiger partial charge in [0.25, 0.3) is 0 Å². The van der Waals surface area contributed by atoms with Crippen LogP contribution < -0.4 is 10.6 Å². The number of benzene rings is 1. The molecule has 3 amide bonds. The second kappa shape index (κ2) is 7.08. The fraction of sp³-hybridized carbons (Fsp3) is 0.286. The fourth-order valence-corrected chi connectivity index (χ4v) is 2.54. The van der Waals surface area contributed by atoms with E-state index in [1.165, 1.54) is 18.8 Å². The van der Waals surface area contributed by atoms with E-state index in [1.54, 1.807) is 0 Å². The molecule has 0 aliphatic heterocycles. The number of aromatic nitrogens is 3.